The van der Waals surface area contributed by atoms with E-state index >= 15 is 0 Å². The van der Waals surface area contributed by atoms with Gasteiger partial charge in [-0.15, -0.1) is 29.3 Å². The van der Waals surface area contributed by atoms with E-state index in [9.17, 15) is 5.11 Å². The van der Waals surface area contributed by atoms with Crippen molar-refractivity contribution >= 4 is 28.9 Å². The van der Waals surface area contributed by atoms with Crippen LogP contribution < -0.4 is 9.54 Å². The average molecular weight is 386 g/mol. The number of nitrogens with zero attached hydrogens (tertiary/aromatic N) is 3. The number of rotatable bonds is 7. The Hall–Kier alpha value is -2.64. The largest absolute Gasteiger partial charge is 0.504 e. The highest BCUT2D eigenvalue weighted by Gasteiger charge is 2.08. The first-order valence-electron chi connectivity index (χ1n) is 8.09. The van der Waals surface area contributed by atoms with Crippen LogP contribution in [0.5, 0.6) is 11.5 Å². The molecule has 0 atom stereocenters. The molecule has 0 bridgehead atoms. The molecule has 0 spiro atoms. The van der Waals surface area contributed by atoms with Crippen molar-refractivity contribution in [1.82, 2.24) is 4.68 Å². The first-order valence-corrected chi connectivity index (χ1v) is 9.84. The molecule has 3 aromatic rings. The molecule has 7 heteroatoms. The summed E-state index contributed by atoms with van der Waals surface area (Å²) in [5.74, 6) is 0.565. The SMILES string of the molecule is C=CCN=c1scc(-c2cccs2)n1N=Cc1ccc(O)c(OCC)c1. The van der Waals surface area contributed by atoms with Crippen molar-refractivity contribution in [3.63, 3.8) is 0 Å². The molecule has 134 valence electrons. The van der Waals surface area contributed by atoms with E-state index in [1.807, 2.05) is 28.4 Å². The lowest BCUT2D eigenvalue weighted by Crippen LogP contribution is -2.12. The number of aromatic nitrogens is 1. The molecule has 2 aromatic heterocycles. The van der Waals surface area contributed by atoms with Gasteiger partial charge in [-0.1, -0.05) is 12.1 Å². The topological polar surface area (TPSA) is 59.1 Å². The van der Waals surface area contributed by atoms with Gasteiger partial charge < -0.3 is 9.84 Å². The molecule has 0 fully saturated rings. The van der Waals surface area contributed by atoms with E-state index in [2.05, 4.69) is 22.7 Å². The molecule has 0 unspecified atom stereocenters. The fourth-order valence-electron chi connectivity index (χ4n) is 2.26. The standard InChI is InChI=1S/C19H19N3O2S2/c1-3-9-20-19-22(15(13-26-19)18-6-5-10-25-18)21-12-14-7-8-16(23)17(11-14)24-4-2/h3,5-8,10-13,23H,1,4,9H2,2H3. The number of hydrogen-bond donors (Lipinski definition) is 1. The van der Waals surface area contributed by atoms with Crippen molar-refractivity contribution < 1.29 is 9.84 Å². The van der Waals surface area contributed by atoms with Crippen LogP contribution in [0.25, 0.3) is 10.6 Å². The van der Waals surface area contributed by atoms with Gasteiger partial charge in [-0.05, 0) is 42.1 Å². The van der Waals surface area contributed by atoms with Crippen LogP contribution >= 0.6 is 22.7 Å². The number of hydrogen-bond acceptors (Lipinski definition) is 6. The minimum atomic E-state index is 0.119. The van der Waals surface area contributed by atoms with E-state index < -0.39 is 0 Å². The Balaban J connectivity index is 2.00. The van der Waals surface area contributed by atoms with Crippen LogP contribution in [-0.2, 0) is 0 Å². The fourth-order valence-corrected chi connectivity index (χ4v) is 3.90. The number of thiazole rings is 1. The highest BCUT2D eigenvalue weighted by Crippen LogP contribution is 2.27. The number of thiophene rings is 1. The zero-order valence-corrected chi connectivity index (χ0v) is 16.0. The van der Waals surface area contributed by atoms with Crippen LogP contribution in [0.1, 0.15) is 12.5 Å². The predicted octanol–water partition coefficient (Wildman–Crippen LogP) is 4.35. The van der Waals surface area contributed by atoms with Crippen molar-refractivity contribution in [3.05, 3.63) is 64.1 Å². The summed E-state index contributed by atoms with van der Waals surface area (Å²) in [6.45, 7) is 6.62. The normalized spacial score (nSPS) is 12.0. The first-order chi connectivity index (χ1) is 12.7. The van der Waals surface area contributed by atoms with Crippen molar-refractivity contribution in [2.45, 2.75) is 6.92 Å². The molecule has 26 heavy (non-hydrogen) atoms. The van der Waals surface area contributed by atoms with Crippen molar-refractivity contribution in [3.8, 4) is 22.1 Å². The molecule has 3 rings (SSSR count). The highest BCUT2D eigenvalue weighted by molar-refractivity contribution is 7.14. The van der Waals surface area contributed by atoms with Crippen LogP contribution in [0, 0.1) is 0 Å². The second-order valence-corrected chi connectivity index (χ2v) is 7.01. The Labute approximate surface area is 159 Å². The Morgan fingerprint density at radius 2 is 2.19 bits per heavy atom. The van der Waals surface area contributed by atoms with Gasteiger partial charge in [-0.3, -0.25) is 4.99 Å². The zero-order chi connectivity index (χ0) is 18.4. The van der Waals surface area contributed by atoms with Crippen LogP contribution in [0.4, 0.5) is 0 Å². The lowest BCUT2D eigenvalue weighted by Gasteiger charge is -2.06. The first kappa shape index (κ1) is 18.2. The molecular weight excluding hydrogens is 366 g/mol. The summed E-state index contributed by atoms with van der Waals surface area (Å²) in [5, 5.41) is 18.5. The monoisotopic (exact) mass is 385 g/mol. The Morgan fingerprint density at radius 1 is 1.31 bits per heavy atom. The third-order valence-corrected chi connectivity index (χ3v) is 5.17. The summed E-state index contributed by atoms with van der Waals surface area (Å²) in [6.07, 6.45) is 3.49. The average Bonchev–Trinajstić information content (AvgIpc) is 3.30. The van der Waals surface area contributed by atoms with Crippen molar-refractivity contribution in [2.75, 3.05) is 13.2 Å². The Bertz CT molecular complexity index is 969. The second kappa shape index (κ2) is 8.64. The van der Waals surface area contributed by atoms with Crippen molar-refractivity contribution in [2.24, 2.45) is 10.1 Å². The third-order valence-electron chi connectivity index (χ3n) is 3.42. The van der Waals surface area contributed by atoms with Gasteiger partial charge in [0.1, 0.15) is 0 Å². The maximum atomic E-state index is 9.83. The van der Waals surface area contributed by atoms with Crippen LogP contribution in [0.2, 0.25) is 0 Å². The highest BCUT2D eigenvalue weighted by atomic mass is 32.1. The molecule has 1 N–H and O–H groups in total. The van der Waals surface area contributed by atoms with E-state index in [0.717, 1.165) is 20.9 Å². The van der Waals surface area contributed by atoms with Crippen LogP contribution in [-0.4, -0.2) is 29.1 Å². The number of ether oxygens (including phenoxy) is 1. The molecule has 2 heterocycles. The molecule has 0 saturated heterocycles. The fraction of sp³-hybridized carbons (Fsp3) is 0.158. The van der Waals surface area contributed by atoms with Gasteiger partial charge in [0.25, 0.3) is 0 Å². The molecule has 0 radical (unpaired) electrons. The molecule has 1 aromatic carbocycles. The molecule has 0 aliphatic carbocycles. The summed E-state index contributed by atoms with van der Waals surface area (Å²) >= 11 is 3.20. The van der Waals surface area contributed by atoms with Crippen LogP contribution in [0.3, 0.4) is 0 Å². The summed E-state index contributed by atoms with van der Waals surface area (Å²) in [5.41, 5.74) is 1.82. The van der Waals surface area contributed by atoms with E-state index in [1.54, 1.807) is 41.8 Å². The minimum absolute atomic E-state index is 0.119. The van der Waals surface area contributed by atoms with Crippen LogP contribution in [0.15, 0.2) is 63.8 Å². The number of phenols is 1. The molecule has 5 nitrogen and oxygen atoms in total. The lowest BCUT2D eigenvalue weighted by molar-refractivity contribution is 0.318. The summed E-state index contributed by atoms with van der Waals surface area (Å²) in [4.78, 5) is 6.44. The van der Waals surface area contributed by atoms with E-state index in [4.69, 9.17) is 4.74 Å². The minimum Gasteiger partial charge on any atom is -0.504 e. The molecule has 0 saturated carbocycles. The lowest BCUT2D eigenvalue weighted by atomic mass is 10.2. The van der Waals surface area contributed by atoms with E-state index in [-0.39, 0.29) is 5.75 Å². The van der Waals surface area contributed by atoms with Gasteiger partial charge in [0.15, 0.2) is 11.5 Å². The van der Waals surface area contributed by atoms with Gasteiger partial charge in [-0.2, -0.15) is 5.10 Å². The maximum absolute atomic E-state index is 9.83. The van der Waals surface area contributed by atoms with E-state index in [1.165, 1.54) is 11.3 Å². The zero-order valence-electron chi connectivity index (χ0n) is 14.3. The molecule has 0 aliphatic rings. The van der Waals surface area contributed by atoms with Crippen molar-refractivity contribution in [1.29, 1.82) is 0 Å². The second-order valence-electron chi connectivity index (χ2n) is 5.23. The third kappa shape index (κ3) is 4.12. The Morgan fingerprint density at radius 3 is 2.92 bits per heavy atom. The van der Waals surface area contributed by atoms with Gasteiger partial charge in [0, 0.05) is 5.38 Å². The Kier molecular flexibility index (Phi) is 6.04. The number of benzene rings is 1. The van der Waals surface area contributed by atoms with Gasteiger partial charge in [0.2, 0.25) is 4.80 Å². The molecule has 0 aliphatic heterocycles. The summed E-state index contributed by atoms with van der Waals surface area (Å²) in [6, 6.07) is 9.23. The maximum Gasteiger partial charge on any atom is 0.206 e. The summed E-state index contributed by atoms with van der Waals surface area (Å²) < 4.78 is 7.26. The number of aromatic hydroxyl groups is 1. The van der Waals surface area contributed by atoms with E-state index in [0.29, 0.717) is 18.9 Å². The molecule has 0 amide bonds. The van der Waals surface area contributed by atoms with Gasteiger partial charge in [-0.25, -0.2) is 4.68 Å². The quantitative estimate of drug-likeness (QED) is 0.485. The summed E-state index contributed by atoms with van der Waals surface area (Å²) in [7, 11) is 0. The van der Waals surface area contributed by atoms with Gasteiger partial charge in [0.05, 0.1) is 29.9 Å². The van der Waals surface area contributed by atoms with Gasteiger partial charge >= 0.3 is 0 Å². The molecular formula is C19H19N3O2S2. The predicted molar refractivity (Wildman–Crippen MR) is 109 cm³/mol. The number of phenolic OH excluding ortho intramolecular Hbond substituents is 1. The smallest absolute Gasteiger partial charge is 0.206 e.